The van der Waals surface area contributed by atoms with Crippen LogP contribution in [0.4, 0.5) is 0 Å². The Morgan fingerprint density at radius 2 is 1.49 bits per heavy atom. The molecule has 7 bridgehead atoms. The number of rotatable bonds is 17. The van der Waals surface area contributed by atoms with E-state index in [-0.39, 0.29) is 69.1 Å². The third kappa shape index (κ3) is 16.5. The summed E-state index contributed by atoms with van der Waals surface area (Å²) < 4.78 is 1.57. The molecule has 27 nitrogen and oxygen atoms in total. The van der Waals surface area contributed by atoms with Gasteiger partial charge in [-0.3, -0.25) is 52.7 Å². The number of aromatic nitrogens is 3. The van der Waals surface area contributed by atoms with E-state index in [9.17, 15) is 48.3 Å². The Morgan fingerprint density at radius 3 is 2.10 bits per heavy atom. The van der Waals surface area contributed by atoms with Gasteiger partial charge in [-0.25, -0.2) is 9.78 Å². The van der Waals surface area contributed by atoms with E-state index in [1.165, 1.54) is 13.3 Å². The summed E-state index contributed by atoms with van der Waals surface area (Å²) in [6.07, 6.45) is 2.26. The first-order valence-electron chi connectivity index (χ1n) is 27.0. The van der Waals surface area contributed by atoms with E-state index in [4.69, 9.17) is 22.9 Å². The van der Waals surface area contributed by atoms with Gasteiger partial charge in [-0.1, -0.05) is 67.5 Å². The van der Waals surface area contributed by atoms with Crippen molar-refractivity contribution in [2.75, 3.05) is 6.54 Å². The lowest BCUT2D eigenvalue weighted by Gasteiger charge is -2.33. The first-order valence-corrected chi connectivity index (χ1v) is 27.0. The number of H-pyrrole nitrogens is 1. The maximum absolute atomic E-state index is 15.1. The third-order valence-electron chi connectivity index (χ3n) is 14.1. The Balaban J connectivity index is 1.80. The predicted molar refractivity (Wildman–Crippen MR) is 295 cm³/mol. The predicted octanol–water partition coefficient (Wildman–Crippen LogP) is -1.81. The number of aromatic amines is 1. The number of aliphatic imine (C=N–C) groups is 1. The van der Waals surface area contributed by atoms with E-state index in [1.807, 2.05) is 27.7 Å². The smallest absolute Gasteiger partial charge is 0.326 e. The number of nitrogens with zero attached hydrogens (tertiary/aromatic N) is 3. The lowest BCUT2D eigenvalue weighted by Crippen LogP contribution is -2.61. The standard InChI is InChI=1S/C53H80N16O11/c1-23(2)17-35-48(75)66-40(25(5)6)50(77)65-37-20-31-30-13-12-28(39(24(3)4)42(51(78)64-35)68-45(72)32(54)14-15-38(55)70)18-34(30)61-43(31)69-21-29(59-22-69)19-36(49(76)67-41(26(7)8)52(79)80)63-44(71)27(9)60-46(73)33(62-47(37)74)11-10-16-58-53(56)57/h12-13,18,21-27,32-33,35-37,39-42,61H,10-11,14-17,19-20,54H2,1-9H3,(H2,55,70)(H,60,73)(H,62,74)(H,63,71)(H,64,78)(H,65,77)(H,66,75)(H,67,76)(H,68,72)(H,79,80)(H4,56,57,58). The largest absolute Gasteiger partial charge is 0.480 e. The van der Waals surface area contributed by atoms with Gasteiger partial charge in [-0.15, -0.1) is 0 Å². The number of nitrogens with one attached hydrogen (secondary N) is 9. The summed E-state index contributed by atoms with van der Waals surface area (Å²) in [4.78, 5) is 151. The Bertz CT molecular complexity index is 2820. The molecule has 2 aromatic heterocycles. The van der Waals surface area contributed by atoms with E-state index < -0.39 is 137 Å². The van der Waals surface area contributed by atoms with Crippen molar-refractivity contribution in [1.29, 1.82) is 0 Å². The highest BCUT2D eigenvalue weighted by Gasteiger charge is 2.40. The second kappa shape index (κ2) is 27.7. The van der Waals surface area contributed by atoms with Crippen LogP contribution in [0.5, 0.6) is 0 Å². The normalized spacial score (nSPS) is 23.3. The lowest BCUT2D eigenvalue weighted by molar-refractivity contribution is -0.143. The summed E-state index contributed by atoms with van der Waals surface area (Å²) >= 11 is 0. The van der Waals surface area contributed by atoms with Crippen LogP contribution < -0.4 is 65.5 Å². The molecule has 0 saturated carbocycles. The van der Waals surface area contributed by atoms with E-state index in [2.05, 4.69) is 57.5 Å². The van der Waals surface area contributed by atoms with Gasteiger partial charge in [-0.05, 0) is 67.9 Å². The van der Waals surface area contributed by atoms with Gasteiger partial charge in [0.15, 0.2) is 5.96 Å². The fraction of sp³-hybridized carbons (Fsp3) is 0.585. The number of amides is 9. The van der Waals surface area contributed by atoms with Crippen LogP contribution in [-0.2, 0) is 60.8 Å². The average Bonchev–Trinajstić information content (AvgIpc) is 3.98. The van der Waals surface area contributed by atoms with Crippen molar-refractivity contribution in [3.05, 3.63) is 47.5 Å². The molecule has 0 aliphatic carbocycles. The SMILES string of the molecule is CC(C)CC1NC(=O)C(NC(=O)C(N)CCC(N)=O)C(C(C)C)c2ccc3c4c([nH]c3c2)-n2cnc(c2)CC(C(=O)NC(C(=O)O)C(C)C)NC(=O)C(C)NC(=O)C(CCCN=C(N)N)NC(=O)C(C4)NC(=O)C(C(C)C)NC1=O. The molecule has 438 valence electrons. The van der Waals surface area contributed by atoms with E-state index >= 15 is 4.79 Å². The van der Waals surface area contributed by atoms with Crippen LogP contribution >= 0.6 is 0 Å². The number of imidazole rings is 1. The Hall–Kier alpha value is -8.10. The second-order valence-electron chi connectivity index (χ2n) is 22.2. The second-order valence-corrected chi connectivity index (χ2v) is 22.2. The third-order valence-corrected chi connectivity index (χ3v) is 14.1. The zero-order valence-corrected chi connectivity index (χ0v) is 46.8. The molecule has 1 aromatic carbocycles. The first-order chi connectivity index (χ1) is 37.6. The van der Waals surface area contributed by atoms with Crippen LogP contribution in [0.2, 0.25) is 0 Å². The molecule has 18 N–H and O–H groups in total. The van der Waals surface area contributed by atoms with E-state index in [1.54, 1.807) is 56.7 Å². The summed E-state index contributed by atoms with van der Waals surface area (Å²) in [6, 6.07) is -6.94. The lowest BCUT2D eigenvalue weighted by atomic mass is 9.81. The van der Waals surface area contributed by atoms with Gasteiger partial charge in [0.05, 0.1) is 11.7 Å². The van der Waals surface area contributed by atoms with Crippen LogP contribution in [0, 0.1) is 23.7 Å². The van der Waals surface area contributed by atoms with Gasteiger partial charge < -0.3 is 75.6 Å². The molecule has 10 unspecified atom stereocenters. The van der Waals surface area contributed by atoms with Crippen molar-refractivity contribution in [1.82, 2.24) is 57.1 Å². The highest BCUT2D eigenvalue weighted by Crippen LogP contribution is 2.35. The molecule has 27 heteroatoms. The fourth-order valence-electron chi connectivity index (χ4n) is 9.79. The van der Waals surface area contributed by atoms with Gasteiger partial charge in [-0.2, -0.15) is 0 Å². The van der Waals surface area contributed by atoms with Crippen LogP contribution in [-0.4, -0.2) is 146 Å². The molecule has 0 radical (unpaired) electrons. The van der Waals surface area contributed by atoms with Crippen molar-refractivity contribution >= 4 is 76.0 Å². The Morgan fingerprint density at radius 1 is 0.812 bits per heavy atom. The molecule has 3 aliphatic heterocycles. The number of benzene rings is 1. The van der Waals surface area contributed by atoms with E-state index in [0.29, 0.717) is 27.8 Å². The van der Waals surface area contributed by atoms with Crippen LogP contribution in [0.15, 0.2) is 35.7 Å². The topological polar surface area (TPSA) is 437 Å². The number of fused-ring (bicyclic) bond motifs is 13. The van der Waals surface area contributed by atoms with Gasteiger partial charge in [0, 0.05) is 54.4 Å². The first kappa shape index (κ1) is 62.7. The molecule has 9 amide bonds. The molecule has 0 fully saturated rings. The molecule has 80 heavy (non-hydrogen) atoms. The summed E-state index contributed by atoms with van der Waals surface area (Å²) in [7, 11) is 0. The fourth-order valence-corrected chi connectivity index (χ4v) is 9.79. The summed E-state index contributed by atoms with van der Waals surface area (Å²) in [5, 5.41) is 32.3. The highest BCUT2D eigenvalue weighted by molar-refractivity contribution is 5.99. The van der Waals surface area contributed by atoms with Crippen molar-refractivity contribution in [2.24, 2.45) is 51.6 Å². The molecular weight excluding hydrogens is 1040 g/mol. The van der Waals surface area contributed by atoms with Gasteiger partial charge in [0.2, 0.25) is 53.2 Å². The minimum absolute atomic E-state index is 0.0411. The molecule has 0 saturated heterocycles. The summed E-state index contributed by atoms with van der Waals surface area (Å²) in [5.41, 5.74) is 24.4. The molecule has 5 heterocycles. The molecule has 10 atom stereocenters. The summed E-state index contributed by atoms with van der Waals surface area (Å²) in [6.45, 7) is 15.3. The highest BCUT2D eigenvalue weighted by atomic mass is 16.4. The van der Waals surface area contributed by atoms with Crippen LogP contribution in [0.25, 0.3) is 16.7 Å². The summed E-state index contributed by atoms with van der Waals surface area (Å²) in [5.74, 6) is -10.9. The zero-order valence-electron chi connectivity index (χ0n) is 46.8. The maximum Gasteiger partial charge on any atom is 0.326 e. The zero-order chi connectivity index (χ0) is 59.4. The number of carbonyl (C=O) groups is 10. The van der Waals surface area contributed by atoms with Crippen LogP contribution in [0.1, 0.15) is 117 Å². The Kier molecular flexibility index (Phi) is 21.7. The number of carboxylic acids is 1. The quantitative estimate of drug-likeness (QED) is 0.0307. The van der Waals surface area contributed by atoms with Crippen molar-refractivity contribution in [2.45, 2.75) is 168 Å². The number of hydrogen-bond acceptors (Lipinski definition) is 13. The number of guanidine groups is 1. The maximum atomic E-state index is 15.1. The minimum atomic E-state index is -1.50. The van der Waals surface area contributed by atoms with E-state index in [0.717, 1.165) is 0 Å². The monoisotopic (exact) mass is 1120 g/mol. The minimum Gasteiger partial charge on any atom is -0.480 e. The van der Waals surface area contributed by atoms with Gasteiger partial charge in [0.25, 0.3) is 0 Å². The number of nitrogens with two attached hydrogens (primary N) is 4. The van der Waals surface area contributed by atoms with Gasteiger partial charge in [0.1, 0.15) is 60.5 Å². The number of aliphatic carboxylic acids is 1. The number of hydrogen-bond donors (Lipinski definition) is 14. The number of carboxylic acid groups (broad SMARTS) is 1. The molecular formula is C53H80N16O11. The van der Waals surface area contributed by atoms with Gasteiger partial charge >= 0.3 is 5.97 Å². The Labute approximate surface area is 463 Å². The number of primary amides is 1. The van der Waals surface area contributed by atoms with Crippen molar-refractivity contribution in [3.8, 4) is 5.82 Å². The molecule has 3 aromatic rings. The van der Waals surface area contributed by atoms with Crippen molar-refractivity contribution < 1.29 is 53.1 Å². The van der Waals surface area contributed by atoms with Crippen molar-refractivity contribution in [3.63, 3.8) is 0 Å². The van der Waals surface area contributed by atoms with Crippen LogP contribution in [0.3, 0.4) is 0 Å². The molecule has 6 rings (SSSR count). The molecule has 3 aliphatic rings. The number of carbonyl (C=O) groups excluding carboxylic acids is 9. The average molecular weight is 1120 g/mol. The molecule has 0 spiro atoms.